The third kappa shape index (κ3) is 2.98. The second-order valence-electron chi connectivity index (χ2n) is 4.43. The summed E-state index contributed by atoms with van der Waals surface area (Å²) in [4.78, 5) is 11.8. The lowest BCUT2D eigenvalue weighted by atomic mass is 9.82. The van der Waals surface area contributed by atoms with Crippen LogP contribution in [0.2, 0.25) is 0 Å². The number of rotatable bonds is 3. The number of aliphatic hydroxyl groups excluding tert-OH is 1. The van der Waals surface area contributed by atoms with Gasteiger partial charge < -0.3 is 16.2 Å². The van der Waals surface area contributed by atoms with E-state index in [9.17, 15) is 4.79 Å². The van der Waals surface area contributed by atoms with Gasteiger partial charge in [-0.25, -0.2) is 0 Å². The van der Waals surface area contributed by atoms with Crippen molar-refractivity contribution in [2.45, 2.75) is 18.9 Å². The van der Waals surface area contributed by atoms with Crippen molar-refractivity contribution >= 4 is 27.5 Å². The Morgan fingerprint density at radius 1 is 1.53 bits per heavy atom. The van der Waals surface area contributed by atoms with Gasteiger partial charge in [-0.2, -0.15) is 0 Å². The maximum Gasteiger partial charge on any atom is 0.253 e. The first-order valence-electron chi connectivity index (χ1n) is 5.57. The number of carbonyl (C=O) groups excluding carboxylic acids is 1. The van der Waals surface area contributed by atoms with E-state index in [0.717, 1.165) is 17.3 Å². The normalized spacial score (nSPS) is 22.9. The van der Waals surface area contributed by atoms with E-state index in [0.29, 0.717) is 23.7 Å². The van der Waals surface area contributed by atoms with E-state index in [-0.39, 0.29) is 12.0 Å². The van der Waals surface area contributed by atoms with Crippen molar-refractivity contribution in [2.75, 3.05) is 12.3 Å². The molecule has 0 aliphatic heterocycles. The third-order valence-electron chi connectivity index (χ3n) is 3.02. The summed E-state index contributed by atoms with van der Waals surface area (Å²) in [7, 11) is 0. The number of nitrogen functional groups attached to an aromatic ring is 1. The molecule has 92 valence electrons. The van der Waals surface area contributed by atoms with Crippen LogP contribution < -0.4 is 11.1 Å². The number of benzene rings is 1. The molecule has 1 aliphatic rings. The monoisotopic (exact) mass is 298 g/mol. The zero-order valence-corrected chi connectivity index (χ0v) is 10.9. The molecule has 0 bridgehead atoms. The molecule has 0 aromatic heterocycles. The fraction of sp³-hybridized carbons (Fsp3) is 0.417. The van der Waals surface area contributed by atoms with Crippen LogP contribution in [0.15, 0.2) is 22.7 Å². The average Bonchev–Trinajstić information content (AvgIpc) is 2.22. The molecule has 2 rings (SSSR count). The Balaban J connectivity index is 1.91. The number of anilines is 1. The van der Waals surface area contributed by atoms with Gasteiger partial charge in [-0.15, -0.1) is 0 Å². The molecule has 0 heterocycles. The Kier molecular flexibility index (Phi) is 3.69. The van der Waals surface area contributed by atoms with Crippen LogP contribution in [0.3, 0.4) is 0 Å². The molecule has 0 radical (unpaired) electrons. The van der Waals surface area contributed by atoms with Gasteiger partial charge in [-0.05, 0) is 37.0 Å². The summed E-state index contributed by atoms with van der Waals surface area (Å²) in [6.07, 6.45) is 1.36. The highest BCUT2D eigenvalue weighted by molar-refractivity contribution is 9.10. The predicted octanol–water partition coefficient (Wildman–Crippen LogP) is 1.53. The van der Waals surface area contributed by atoms with E-state index < -0.39 is 0 Å². The van der Waals surface area contributed by atoms with Gasteiger partial charge in [0.25, 0.3) is 5.91 Å². The molecule has 1 saturated carbocycles. The van der Waals surface area contributed by atoms with E-state index >= 15 is 0 Å². The summed E-state index contributed by atoms with van der Waals surface area (Å²) in [6.45, 7) is 0.603. The van der Waals surface area contributed by atoms with Crippen molar-refractivity contribution in [3.63, 3.8) is 0 Å². The van der Waals surface area contributed by atoms with E-state index in [4.69, 9.17) is 10.8 Å². The minimum Gasteiger partial charge on any atom is -0.398 e. The maximum atomic E-state index is 11.8. The highest BCUT2D eigenvalue weighted by atomic mass is 79.9. The number of aliphatic hydroxyl groups is 1. The van der Waals surface area contributed by atoms with Crippen LogP contribution in [-0.2, 0) is 0 Å². The number of carbonyl (C=O) groups is 1. The van der Waals surface area contributed by atoms with Crippen molar-refractivity contribution in [2.24, 2.45) is 5.92 Å². The van der Waals surface area contributed by atoms with Crippen LogP contribution in [0.1, 0.15) is 23.2 Å². The molecule has 5 heteroatoms. The number of hydrogen-bond donors (Lipinski definition) is 3. The number of nitrogens with two attached hydrogens (primary N) is 1. The van der Waals surface area contributed by atoms with E-state index in [1.807, 2.05) is 0 Å². The number of hydrogen-bond acceptors (Lipinski definition) is 3. The quantitative estimate of drug-likeness (QED) is 0.741. The first kappa shape index (κ1) is 12.4. The number of amides is 1. The number of nitrogens with one attached hydrogen (secondary N) is 1. The molecule has 0 atom stereocenters. The van der Waals surface area contributed by atoms with Gasteiger partial charge in [-0.3, -0.25) is 4.79 Å². The summed E-state index contributed by atoms with van der Waals surface area (Å²) < 4.78 is 0.855. The minimum atomic E-state index is -0.186. The van der Waals surface area contributed by atoms with Gasteiger partial charge in [0.1, 0.15) is 0 Å². The van der Waals surface area contributed by atoms with Crippen molar-refractivity contribution < 1.29 is 9.90 Å². The molecule has 17 heavy (non-hydrogen) atoms. The molecule has 0 spiro atoms. The Morgan fingerprint density at radius 2 is 2.24 bits per heavy atom. The van der Waals surface area contributed by atoms with Gasteiger partial charge in [0, 0.05) is 16.7 Å². The molecular formula is C12H15BrN2O2. The topological polar surface area (TPSA) is 75.4 Å². The van der Waals surface area contributed by atoms with Crippen LogP contribution in [0.25, 0.3) is 0 Å². The molecule has 1 aromatic carbocycles. The second kappa shape index (κ2) is 5.06. The summed E-state index contributed by atoms with van der Waals surface area (Å²) in [5.74, 6) is 0.238. The van der Waals surface area contributed by atoms with Crippen LogP contribution in [0.5, 0.6) is 0 Å². The Morgan fingerprint density at radius 3 is 2.82 bits per heavy atom. The van der Waals surface area contributed by atoms with Crippen LogP contribution in [0, 0.1) is 5.92 Å². The third-order valence-corrected chi connectivity index (χ3v) is 3.51. The van der Waals surface area contributed by atoms with Gasteiger partial charge >= 0.3 is 0 Å². The van der Waals surface area contributed by atoms with Crippen molar-refractivity contribution in [3.8, 4) is 0 Å². The molecule has 1 aromatic rings. The van der Waals surface area contributed by atoms with Gasteiger partial charge in [0.15, 0.2) is 0 Å². The highest BCUT2D eigenvalue weighted by Crippen LogP contribution is 2.26. The lowest BCUT2D eigenvalue weighted by Crippen LogP contribution is -2.38. The van der Waals surface area contributed by atoms with Crippen LogP contribution in [-0.4, -0.2) is 23.7 Å². The van der Waals surface area contributed by atoms with Crippen molar-refractivity contribution in [3.05, 3.63) is 28.2 Å². The molecule has 4 N–H and O–H groups in total. The molecule has 1 amide bonds. The van der Waals surface area contributed by atoms with Crippen molar-refractivity contribution in [1.82, 2.24) is 5.32 Å². The summed E-state index contributed by atoms with van der Waals surface area (Å²) >= 11 is 3.30. The van der Waals surface area contributed by atoms with Gasteiger partial charge in [0.2, 0.25) is 0 Å². The zero-order valence-electron chi connectivity index (χ0n) is 9.32. The lowest BCUT2D eigenvalue weighted by Gasteiger charge is -2.31. The first-order chi connectivity index (χ1) is 8.06. The molecule has 0 saturated heterocycles. The van der Waals surface area contributed by atoms with E-state index in [2.05, 4.69) is 21.2 Å². The van der Waals surface area contributed by atoms with Crippen molar-refractivity contribution in [1.29, 1.82) is 0 Å². The molecular weight excluding hydrogens is 284 g/mol. The molecule has 1 aliphatic carbocycles. The predicted molar refractivity (Wildman–Crippen MR) is 69.6 cm³/mol. The summed E-state index contributed by atoms with van der Waals surface area (Å²) in [5, 5.41) is 12.0. The Bertz CT molecular complexity index is 431. The zero-order chi connectivity index (χ0) is 12.4. The Labute approximate surface area is 108 Å². The fourth-order valence-electron chi connectivity index (χ4n) is 1.94. The standard InChI is InChI=1S/C12H15BrN2O2/c13-8-1-2-10(11(14)5-8)12(17)15-6-7-3-9(16)4-7/h1-2,5,7,9,16H,3-4,6,14H2,(H,15,17). The van der Waals surface area contributed by atoms with Gasteiger partial charge in [0.05, 0.1) is 11.7 Å². The lowest BCUT2D eigenvalue weighted by molar-refractivity contribution is 0.0420. The smallest absolute Gasteiger partial charge is 0.253 e. The van der Waals surface area contributed by atoms with Crippen LogP contribution in [0.4, 0.5) is 5.69 Å². The minimum absolute atomic E-state index is 0.156. The number of halogens is 1. The summed E-state index contributed by atoms with van der Waals surface area (Å²) in [6, 6.07) is 5.20. The van der Waals surface area contributed by atoms with E-state index in [1.165, 1.54) is 0 Å². The SMILES string of the molecule is Nc1cc(Br)ccc1C(=O)NCC1CC(O)C1. The Hall–Kier alpha value is -1.07. The highest BCUT2D eigenvalue weighted by Gasteiger charge is 2.27. The second-order valence-corrected chi connectivity index (χ2v) is 5.35. The van der Waals surface area contributed by atoms with E-state index in [1.54, 1.807) is 18.2 Å². The maximum absolute atomic E-state index is 11.8. The average molecular weight is 299 g/mol. The summed E-state index contributed by atoms with van der Waals surface area (Å²) in [5.41, 5.74) is 6.72. The van der Waals surface area contributed by atoms with Gasteiger partial charge in [-0.1, -0.05) is 15.9 Å². The molecule has 4 nitrogen and oxygen atoms in total. The largest absolute Gasteiger partial charge is 0.398 e. The molecule has 0 unspecified atom stereocenters. The fourth-order valence-corrected chi connectivity index (χ4v) is 2.32. The molecule has 1 fully saturated rings. The van der Waals surface area contributed by atoms with Crippen LogP contribution >= 0.6 is 15.9 Å². The first-order valence-corrected chi connectivity index (χ1v) is 6.37.